The predicted octanol–water partition coefficient (Wildman–Crippen LogP) is 4.40. The second-order valence-electron chi connectivity index (χ2n) is 10.4. The second-order valence-corrected chi connectivity index (χ2v) is 10.8. The third kappa shape index (κ3) is 9.20. The van der Waals surface area contributed by atoms with Gasteiger partial charge in [0.05, 0.1) is 11.4 Å². The van der Waals surface area contributed by atoms with Crippen molar-refractivity contribution in [3.05, 3.63) is 53.4 Å². The van der Waals surface area contributed by atoms with Crippen molar-refractivity contribution < 1.29 is 27.5 Å². The first-order chi connectivity index (χ1) is 20.4. The first-order valence-electron chi connectivity index (χ1n) is 13.6. The smallest absolute Gasteiger partial charge is 0.384 e. The van der Waals surface area contributed by atoms with Crippen LogP contribution in [0.15, 0.2) is 42.6 Å². The molecule has 1 saturated heterocycles. The molecule has 43 heavy (non-hydrogen) atoms. The van der Waals surface area contributed by atoms with Crippen LogP contribution < -0.4 is 15.5 Å². The molecule has 3 heterocycles. The Morgan fingerprint density at radius 3 is 2.60 bits per heavy atom. The molecule has 1 amide bonds. The maximum atomic E-state index is 14.6. The van der Waals surface area contributed by atoms with Crippen LogP contribution in [-0.4, -0.2) is 102 Å². The van der Waals surface area contributed by atoms with E-state index < -0.39 is 24.5 Å². The molecule has 15 heteroatoms. The first kappa shape index (κ1) is 32.3. The van der Waals surface area contributed by atoms with E-state index in [1.54, 1.807) is 12.1 Å². The van der Waals surface area contributed by atoms with Crippen LogP contribution >= 0.6 is 11.6 Å². The lowest BCUT2D eigenvalue weighted by atomic mass is 10.1. The normalized spacial score (nSPS) is 15.3. The molecule has 1 aliphatic rings. The number of pyridine rings is 1. The average molecular weight is 625 g/mol. The van der Waals surface area contributed by atoms with Crippen molar-refractivity contribution in [2.75, 3.05) is 68.9 Å². The van der Waals surface area contributed by atoms with E-state index in [0.717, 1.165) is 26.2 Å². The minimum Gasteiger partial charge on any atom is -0.384 e. The molecule has 4 rings (SSSR count). The minimum absolute atomic E-state index is 0.0766. The number of aromatic nitrogens is 3. The number of hydrogen-bond acceptors (Lipinski definition) is 9. The Bertz CT molecular complexity index is 1410. The number of likely N-dealkylation sites (N-methyl/N-ethyl adjacent to an activating group) is 1. The molecule has 10 nitrogen and oxygen atoms in total. The highest BCUT2D eigenvalue weighted by Crippen LogP contribution is 2.33. The zero-order chi connectivity index (χ0) is 31.1. The van der Waals surface area contributed by atoms with Gasteiger partial charge in [0.15, 0.2) is 11.9 Å². The topological polar surface area (TPSA) is 110 Å². The highest BCUT2D eigenvalue weighted by molar-refractivity contribution is 6.30. The van der Waals surface area contributed by atoms with Crippen molar-refractivity contribution in [2.24, 2.45) is 0 Å². The molecular formula is C28H33ClF4N8O2. The number of carbonyl (C=O) groups is 1. The average Bonchev–Trinajstić information content (AvgIpc) is 2.96. The molecule has 1 unspecified atom stereocenters. The minimum atomic E-state index is -4.76. The van der Waals surface area contributed by atoms with Crippen LogP contribution in [0.2, 0.25) is 5.02 Å². The molecule has 0 spiro atoms. The molecule has 0 saturated carbocycles. The standard InChI is InChI=1S/C28H33ClF4N8O2/c1-39-11-13-41(14-12-39)10-7-26(43)36-25-16-19(5-8-34-25)35-23-17-22(20-15-18(29)3-4-21(20)30)37-38-27(23)40(2)9-6-24(42)28(31,32)33/h3-5,8,15-17,24,42H,6-7,9-14H2,1-2H3,(H2,34,35,36,37,43). The fourth-order valence-electron chi connectivity index (χ4n) is 4.44. The van der Waals surface area contributed by atoms with Gasteiger partial charge in [-0.3, -0.25) is 4.79 Å². The van der Waals surface area contributed by atoms with Crippen molar-refractivity contribution in [3.63, 3.8) is 0 Å². The number of carbonyl (C=O) groups excluding carboxylic acids is 1. The summed E-state index contributed by atoms with van der Waals surface area (Å²) in [6.45, 7) is 4.11. The van der Waals surface area contributed by atoms with Crippen molar-refractivity contribution in [3.8, 4) is 11.3 Å². The third-order valence-corrected chi connectivity index (χ3v) is 7.25. The van der Waals surface area contributed by atoms with Crippen LogP contribution in [0.4, 0.5) is 40.6 Å². The van der Waals surface area contributed by atoms with E-state index in [9.17, 15) is 27.5 Å². The number of nitrogens with one attached hydrogen (secondary N) is 2. The largest absolute Gasteiger partial charge is 0.414 e. The molecule has 3 aromatic rings. The number of alkyl halides is 3. The van der Waals surface area contributed by atoms with Gasteiger partial charge < -0.3 is 30.4 Å². The SMILES string of the molecule is CN1CCN(CCC(=O)Nc2cc(Nc3cc(-c4cc(Cl)ccc4F)nnc3N(C)CCC(O)C(F)(F)F)ccn2)CC1. The maximum Gasteiger partial charge on any atom is 0.414 e. The fraction of sp³-hybridized carbons (Fsp3) is 0.429. The number of benzene rings is 1. The van der Waals surface area contributed by atoms with Gasteiger partial charge in [-0.2, -0.15) is 13.2 Å². The summed E-state index contributed by atoms with van der Waals surface area (Å²) in [5.74, 6) is -0.351. The quantitative estimate of drug-likeness (QED) is 0.268. The molecule has 2 aromatic heterocycles. The summed E-state index contributed by atoms with van der Waals surface area (Å²) in [7, 11) is 3.56. The number of amides is 1. The summed E-state index contributed by atoms with van der Waals surface area (Å²) in [6.07, 6.45) is -6.10. The van der Waals surface area contributed by atoms with Gasteiger partial charge >= 0.3 is 6.18 Å². The highest BCUT2D eigenvalue weighted by atomic mass is 35.5. The van der Waals surface area contributed by atoms with Gasteiger partial charge in [0.2, 0.25) is 5.91 Å². The monoisotopic (exact) mass is 624 g/mol. The van der Waals surface area contributed by atoms with Gasteiger partial charge in [0, 0.05) is 81.3 Å². The highest BCUT2D eigenvalue weighted by Gasteiger charge is 2.38. The van der Waals surface area contributed by atoms with Gasteiger partial charge in [0.1, 0.15) is 11.6 Å². The number of rotatable bonds is 11. The summed E-state index contributed by atoms with van der Waals surface area (Å²) >= 11 is 6.06. The van der Waals surface area contributed by atoms with E-state index >= 15 is 0 Å². The van der Waals surface area contributed by atoms with E-state index in [1.165, 1.54) is 42.4 Å². The van der Waals surface area contributed by atoms with E-state index in [0.29, 0.717) is 24.5 Å². The van der Waals surface area contributed by atoms with Crippen LogP contribution in [0.3, 0.4) is 0 Å². The van der Waals surface area contributed by atoms with Gasteiger partial charge in [-0.25, -0.2) is 9.37 Å². The molecule has 1 aliphatic heterocycles. The van der Waals surface area contributed by atoms with Crippen LogP contribution in [-0.2, 0) is 4.79 Å². The van der Waals surface area contributed by atoms with Crippen molar-refractivity contribution in [1.29, 1.82) is 0 Å². The number of anilines is 4. The zero-order valence-electron chi connectivity index (χ0n) is 23.7. The Kier molecular flexibility index (Phi) is 10.7. The number of nitrogens with zero attached hydrogens (tertiary/aromatic N) is 6. The Labute approximate surface area is 251 Å². The third-order valence-electron chi connectivity index (χ3n) is 7.01. The van der Waals surface area contributed by atoms with Crippen LogP contribution in [0, 0.1) is 5.82 Å². The molecule has 232 valence electrons. The van der Waals surface area contributed by atoms with E-state index in [1.807, 2.05) is 0 Å². The molecule has 0 bridgehead atoms. The Morgan fingerprint density at radius 2 is 1.88 bits per heavy atom. The summed E-state index contributed by atoms with van der Waals surface area (Å²) in [4.78, 5) is 22.7. The van der Waals surface area contributed by atoms with Gasteiger partial charge in [0.25, 0.3) is 0 Å². The summed E-state index contributed by atoms with van der Waals surface area (Å²) in [5.41, 5.74) is 0.959. The van der Waals surface area contributed by atoms with Gasteiger partial charge in [-0.1, -0.05) is 11.6 Å². The number of aliphatic hydroxyl groups is 1. The predicted molar refractivity (Wildman–Crippen MR) is 157 cm³/mol. The van der Waals surface area contributed by atoms with Crippen LogP contribution in [0.1, 0.15) is 12.8 Å². The summed E-state index contributed by atoms with van der Waals surface area (Å²) in [5, 5.41) is 23.9. The number of aliphatic hydroxyl groups excluding tert-OH is 1. The maximum absolute atomic E-state index is 14.6. The van der Waals surface area contributed by atoms with Crippen LogP contribution in [0.25, 0.3) is 11.3 Å². The fourth-order valence-corrected chi connectivity index (χ4v) is 4.61. The lowest BCUT2D eigenvalue weighted by molar-refractivity contribution is -0.204. The van der Waals surface area contributed by atoms with Crippen molar-refractivity contribution in [2.45, 2.75) is 25.1 Å². The van der Waals surface area contributed by atoms with E-state index in [4.69, 9.17) is 11.6 Å². The lowest BCUT2D eigenvalue weighted by Crippen LogP contribution is -2.45. The molecule has 1 aromatic carbocycles. The second kappa shape index (κ2) is 14.3. The van der Waals surface area contributed by atoms with Gasteiger partial charge in [-0.15, -0.1) is 10.2 Å². The van der Waals surface area contributed by atoms with E-state index in [-0.39, 0.29) is 40.2 Å². The van der Waals surface area contributed by atoms with Crippen molar-refractivity contribution in [1.82, 2.24) is 25.0 Å². The van der Waals surface area contributed by atoms with Crippen molar-refractivity contribution >= 4 is 40.5 Å². The molecule has 1 atom stereocenters. The lowest BCUT2D eigenvalue weighted by Gasteiger charge is -2.32. The molecule has 1 fully saturated rings. The van der Waals surface area contributed by atoms with Gasteiger partial charge in [-0.05, 0) is 43.8 Å². The number of piperazine rings is 1. The zero-order valence-corrected chi connectivity index (χ0v) is 24.5. The molecule has 0 radical (unpaired) electrons. The van der Waals surface area contributed by atoms with E-state index in [2.05, 4.69) is 42.7 Å². The molecule has 3 N–H and O–H groups in total. The number of halogens is 5. The molecule has 0 aliphatic carbocycles. The Balaban J connectivity index is 1.52. The Morgan fingerprint density at radius 1 is 1.14 bits per heavy atom. The first-order valence-corrected chi connectivity index (χ1v) is 14.0. The molecular weight excluding hydrogens is 592 g/mol. The van der Waals surface area contributed by atoms with Crippen LogP contribution in [0.5, 0.6) is 0 Å². The summed E-state index contributed by atoms with van der Waals surface area (Å²) in [6, 6.07) is 8.66. The summed E-state index contributed by atoms with van der Waals surface area (Å²) < 4.78 is 53.2. The number of hydrogen-bond donors (Lipinski definition) is 3. The Hall–Kier alpha value is -3.59.